The summed E-state index contributed by atoms with van der Waals surface area (Å²) in [5.41, 5.74) is 1.19. The van der Waals surface area contributed by atoms with E-state index >= 15 is 0 Å². The molecule has 2 heteroatoms. The molecule has 0 aromatic carbocycles. The van der Waals surface area contributed by atoms with E-state index < -0.39 is 0 Å². The summed E-state index contributed by atoms with van der Waals surface area (Å²) in [7, 11) is 0. The van der Waals surface area contributed by atoms with Gasteiger partial charge in [-0.25, -0.2) is 0 Å². The molecule has 0 amide bonds. The van der Waals surface area contributed by atoms with Crippen molar-refractivity contribution in [3.05, 3.63) is 30.1 Å². The van der Waals surface area contributed by atoms with E-state index in [0.717, 1.165) is 6.54 Å². The number of pyridine rings is 1. The topological polar surface area (TPSA) is 24.9 Å². The summed E-state index contributed by atoms with van der Waals surface area (Å²) in [6.45, 7) is 3.43. The van der Waals surface area contributed by atoms with Crippen molar-refractivity contribution in [3.63, 3.8) is 0 Å². The molecule has 0 saturated carbocycles. The van der Waals surface area contributed by atoms with Gasteiger partial charge in [-0.3, -0.25) is 4.98 Å². The highest BCUT2D eigenvalue weighted by Crippen LogP contribution is 2.26. The predicted molar refractivity (Wildman–Crippen MR) is 53.4 cm³/mol. The van der Waals surface area contributed by atoms with Gasteiger partial charge in [0.2, 0.25) is 0 Å². The maximum absolute atomic E-state index is 4.39. The highest BCUT2D eigenvalue weighted by Gasteiger charge is 2.22. The Balaban J connectivity index is 2.15. The molecule has 0 spiro atoms. The summed E-state index contributed by atoms with van der Waals surface area (Å²) in [6.07, 6.45) is 4.48. The van der Waals surface area contributed by atoms with E-state index in [1.54, 1.807) is 0 Å². The number of aromatic nitrogens is 1. The standard InChI is InChI=1S/C11H16N2/c1-9-5-4-8-13-11(9)10-6-2-3-7-12-10/h2-3,6-7,9,11,13H,4-5,8H2,1H3. The molecule has 1 saturated heterocycles. The first-order valence-corrected chi connectivity index (χ1v) is 5.02. The van der Waals surface area contributed by atoms with Crippen LogP contribution in [0, 0.1) is 5.92 Å². The highest BCUT2D eigenvalue weighted by molar-refractivity contribution is 5.10. The first kappa shape index (κ1) is 8.70. The van der Waals surface area contributed by atoms with Crippen LogP contribution in [0.1, 0.15) is 31.5 Å². The summed E-state index contributed by atoms with van der Waals surface area (Å²) in [5, 5.41) is 3.52. The van der Waals surface area contributed by atoms with Crippen molar-refractivity contribution < 1.29 is 0 Å². The maximum atomic E-state index is 4.39. The van der Waals surface area contributed by atoms with Crippen molar-refractivity contribution in [2.24, 2.45) is 5.92 Å². The molecule has 0 radical (unpaired) electrons. The van der Waals surface area contributed by atoms with Crippen LogP contribution in [-0.2, 0) is 0 Å². The molecule has 1 fully saturated rings. The molecule has 1 N–H and O–H groups in total. The average Bonchev–Trinajstić information content (AvgIpc) is 2.20. The van der Waals surface area contributed by atoms with Crippen LogP contribution in [0.15, 0.2) is 24.4 Å². The molecule has 1 aromatic rings. The van der Waals surface area contributed by atoms with Crippen LogP contribution in [0.25, 0.3) is 0 Å². The zero-order valence-corrected chi connectivity index (χ0v) is 8.03. The summed E-state index contributed by atoms with van der Waals surface area (Å²) in [4.78, 5) is 4.39. The Hall–Kier alpha value is -0.890. The Kier molecular flexibility index (Phi) is 2.60. The van der Waals surface area contributed by atoms with Crippen molar-refractivity contribution >= 4 is 0 Å². The molecule has 0 bridgehead atoms. The molecular formula is C11H16N2. The van der Waals surface area contributed by atoms with Gasteiger partial charge in [-0.1, -0.05) is 13.0 Å². The minimum absolute atomic E-state index is 0.468. The lowest BCUT2D eigenvalue weighted by molar-refractivity contribution is 0.300. The Morgan fingerprint density at radius 1 is 1.46 bits per heavy atom. The molecular weight excluding hydrogens is 160 g/mol. The highest BCUT2D eigenvalue weighted by atomic mass is 15.0. The zero-order chi connectivity index (χ0) is 9.10. The fourth-order valence-electron chi connectivity index (χ4n) is 2.01. The minimum Gasteiger partial charge on any atom is -0.308 e. The van der Waals surface area contributed by atoms with Gasteiger partial charge in [0.05, 0.1) is 11.7 Å². The zero-order valence-electron chi connectivity index (χ0n) is 8.03. The third-order valence-corrected chi connectivity index (χ3v) is 2.78. The molecule has 2 unspecified atom stereocenters. The summed E-state index contributed by atoms with van der Waals surface area (Å²) < 4.78 is 0. The normalized spacial score (nSPS) is 28.7. The van der Waals surface area contributed by atoms with Crippen LogP contribution in [0.2, 0.25) is 0 Å². The molecule has 2 nitrogen and oxygen atoms in total. The Morgan fingerprint density at radius 2 is 2.38 bits per heavy atom. The second-order valence-electron chi connectivity index (χ2n) is 3.81. The predicted octanol–water partition coefficient (Wildman–Crippen LogP) is 2.14. The van der Waals surface area contributed by atoms with Gasteiger partial charge >= 0.3 is 0 Å². The second kappa shape index (κ2) is 3.88. The van der Waals surface area contributed by atoms with Gasteiger partial charge in [0, 0.05) is 6.20 Å². The lowest BCUT2D eigenvalue weighted by atomic mass is 9.90. The van der Waals surface area contributed by atoms with Gasteiger partial charge < -0.3 is 5.32 Å². The van der Waals surface area contributed by atoms with E-state index in [0.29, 0.717) is 12.0 Å². The van der Waals surface area contributed by atoms with Crippen molar-refractivity contribution in [1.29, 1.82) is 0 Å². The quantitative estimate of drug-likeness (QED) is 0.709. The maximum Gasteiger partial charge on any atom is 0.0575 e. The molecule has 1 aliphatic rings. The van der Waals surface area contributed by atoms with Crippen molar-refractivity contribution in [3.8, 4) is 0 Å². The number of rotatable bonds is 1. The number of nitrogens with one attached hydrogen (secondary N) is 1. The molecule has 2 rings (SSSR count). The van der Waals surface area contributed by atoms with E-state index in [4.69, 9.17) is 0 Å². The molecule has 13 heavy (non-hydrogen) atoms. The van der Waals surface area contributed by atoms with E-state index in [-0.39, 0.29) is 0 Å². The monoisotopic (exact) mass is 176 g/mol. The first-order chi connectivity index (χ1) is 6.38. The largest absolute Gasteiger partial charge is 0.308 e. The van der Waals surface area contributed by atoms with Crippen LogP contribution in [0.5, 0.6) is 0 Å². The van der Waals surface area contributed by atoms with Crippen molar-refractivity contribution in [2.45, 2.75) is 25.8 Å². The number of hydrogen-bond acceptors (Lipinski definition) is 2. The molecule has 70 valence electrons. The number of nitrogens with zero attached hydrogens (tertiary/aromatic N) is 1. The van der Waals surface area contributed by atoms with Crippen LogP contribution in [-0.4, -0.2) is 11.5 Å². The third kappa shape index (κ3) is 1.89. The second-order valence-corrected chi connectivity index (χ2v) is 3.81. The van der Waals surface area contributed by atoms with Gasteiger partial charge in [-0.2, -0.15) is 0 Å². The van der Waals surface area contributed by atoms with Crippen LogP contribution in [0.4, 0.5) is 0 Å². The number of piperidine rings is 1. The van der Waals surface area contributed by atoms with Gasteiger partial charge in [-0.05, 0) is 37.4 Å². The van der Waals surface area contributed by atoms with Crippen LogP contribution >= 0.6 is 0 Å². The minimum atomic E-state index is 0.468. The van der Waals surface area contributed by atoms with Gasteiger partial charge in [0.25, 0.3) is 0 Å². The molecule has 0 aliphatic carbocycles. The van der Waals surface area contributed by atoms with Gasteiger partial charge in [-0.15, -0.1) is 0 Å². The van der Waals surface area contributed by atoms with Crippen LogP contribution < -0.4 is 5.32 Å². The van der Waals surface area contributed by atoms with Crippen molar-refractivity contribution in [2.75, 3.05) is 6.54 Å². The number of hydrogen-bond donors (Lipinski definition) is 1. The Morgan fingerprint density at radius 3 is 3.08 bits per heavy atom. The Bertz CT molecular complexity index is 258. The smallest absolute Gasteiger partial charge is 0.0575 e. The van der Waals surface area contributed by atoms with E-state index in [9.17, 15) is 0 Å². The van der Waals surface area contributed by atoms with E-state index in [1.807, 2.05) is 12.3 Å². The lowest BCUT2D eigenvalue weighted by Gasteiger charge is -2.29. The Labute approximate surface area is 79.4 Å². The average molecular weight is 176 g/mol. The van der Waals surface area contributed by atoms with Gasteiger partial charge in [0.15, 0.2) is 0 Å². The van der Waals surface area contributed by atoms with Crippen molar-refractivity contribution in [1.82, 2.24) is 10.3 Å². The summed E-state index contributed by atoms with van der Waals surface area (Å²) in [5.74, 6) is 0.712. The van der Waals surface area contributed by atoms with Gasteiger partial charge in [0.1, 0.15) is 0 Å². The first-order valence-electron chi connectivity index (χ1n) is 5.02. The fourth-order valence-corrected chi connectivity index (χ4v) is 2.01. The summed E-state index contributed by atoms with van der Waals surface area (Å²) >= 11 is 0. The molecule has 1 aliphatic heterocycles. The molecule has 2 atom stereocenters. The molecule has 1 aromatic heterocycles. The third-order valence-electron chi connectivity index (χ3n) is 2.78. The fraction of sp³-hybridized carbons (Fsp3) is 0.545. The SMILES string of the molecule is CC1CCCNC1c1ccccn1. The van der Waals surface area contributed by atoms with E-state index in [1.165, 1.54) is 18.5 Å². The summed E-state index contributed by atoms with van der Waals surface area (Å²) in [6, 6.07) is 6.61. The lowest BCUT2D eigenvalue weighted by Crippen LogP contribution is -2.33. The van der Waals surface area contributed by atoms with E-state index in [2.05, 4.69) is 29.4 Å². The molecule has 2 heterocycles. The van der Waals surface area contributed by atoms with Crippen LogP contribution in [0.3, 0.4) is 0 Å².